The number of aliphatic carboxylic acids is 1. The van der Waals surface area contributed by atoms with Gasteiger partial charge in [0, 0.05) is 30.2 Å². The van der Waals surface area contributed by atoms with Crippen molar-refractivity contribution in [3.05, 3.63) is 48.9 Å². The van der Waals surface area contributed by atoms with E-state index in [1.165, 1.54) is 47.7 Å². The largest absolute Gasteiger partial charge is 0.479 e. The summed E-state index contributed by atoms with van der Waals surface area (Å²) in [6.45, 7) is -0.529. The predicted octanol–water partition coefficient (Wildman–Crippen LogP) is 1.33. The fraction of sp³-hybridized carbons (Fsp3) is 0.0714. The third kappa shape index (κ3) is 3.28. The molecule has 0 fully saturated rings. The summed E-state index contributed by atoms with van der Waals surface area (Å²) in [6, 6.07) is 4.25. The van der Waals surface area contributed by atoms with E-state index in [4.69, 9.17) is 9.84 Å². The summed E-state index contributed by atoms with van der Waals surface area (Å²) in [5.41, 5.74) is 1.08. The van der Waals surface area contributed by atoms with Crippen molar-refractivity contribution in [3.63, 3.8) is 0 Å². The van der Waals surface area contributed by atoms with Crippen molar-refractivity contribution in [2.75, 3.05) is 6.61 Å². The Morgan fingerprint density at radius 1 is 1.26 bits per heavy atom. The molecule has 9 heteroatoms. The van der Waals surface area contributed by atoms with E-state index in [1.54, 1.807) is 0 Å². The number of carboxylic acids is 1. The zero-order chi connectivity index (χ0) is 16.2. The number of hydrogen-bond acceptors (Lipinski definition) is 6. The minimum Gasteiger partial charge on any atom is -0.479 e. The number of ether oxygens (including phenoxy) is 1. The lowest BCUT2D eigenvalue weighted by Crippen LogP contribution is -2.10. The molecule has 0 bridgehead atoms. The monoisotopic (exact) mass is 315 g/mol. The van der Waals surface area contributed by atoms with Crippen molar-refractivity contribution in [1.82, 2.24) is 24.7 Å². The van der Waals surface area contributed by atoms with Gasteiger partial charge in [-0.1, -0.05) is 0 Å². The van der Waals surface area contributed by atoms with Crippen LogP contribution >= 0.6 is 0 Å². The molecule has 0 saturated carbocycles. The van der Waals surface area contributed by atoms with E-state index in [0.717, 1.165) is 0 Å². The van der Waals surface area contributed by atoms with Gasteiger partial charge >= 0.3 is 5.97 Å². The van der Waals surface area contributed by atoms with Gasteiger partial charge in [-0.2, -0.15) is 4.39 Å². The summed E-state index contributed by atoms with van der Waals surface area (Å²) in [6.07, 6.45) is 5.81. The minimum absolute atomic E-state index is 0.0948. The summed E-state index contributed by atoms with van der Waals surface area (Å²) in [5.74, 6) is -1.24. The summed E-state index contributed by atoms with van der Waals surface area (Å²) < 4.78 is 19.5. The summed E-state index contributed by atoms with van der Waals surface area (Å²) in [4.78, 5) is 22.3. The van der Waals surface area contributed by atoms with Crippen molar-refractivity contribution in [1.29, 1.82) is 0 Å². The van der Waals surface area contributed by atoms with Crippen LogP contribution in [-0.2, 0) is 4.79 Å². The van der Waals surface area contributed by atoms with Crippen LogP contribution in [-0.4, -0.2) is 42.4 Å². The third-order valence-corrected chi connectivity index (χ3v) is 2.82. The van der Waals surface area contributed by atoms with Gasteiger partial charge in [0.05, 0.1) is 11.9 Å². The topological polar surface area (TPSA) is 103 Å². The average molecular weight is 315 g/mol. The van der Waals surface area contributed by atoms with Crippen LogP contribution in [0.3, 0.4) is 0 Å². The molecule has 116 valence electrons. The fourth-order valence-corrected chi connectivity index (χ4v) is 1.87. The Hall–Kier alpha value is -3.36. The maximum atomic E-state index is 13.0. The lowest BCUT2D eigenvalue weighted by atomic mass is 10.2. The molecule has 0 aliphatic rings. The Morgan fingerprint density at radius 2 is 2.13 bits per heavy atom. The van der Waals surface area contributed by atoms with Gasteiger partial charge in [-0.3, -0.25) is 4.98 Å². The molecular formula is C14H10FN5O3. The molecule has 3 rings (SSSR count). The molecule has 3 aromatic rings. The van der Waals surface area contributed by atoms with Crippen molar-refractivity contribution in [3.8, 4) is 23.0 Å². The van der Waals surface area contributed by atoms with E-state index in [0.29, 0.717) is 17.1 Å². The van der Waals surface area contributed by atoms with Gasteiger partial charge in [-0.15, -0.1) is 5.10 Å². The van der Waals surface area contributed by atoms with Gasteiger partial charge in [0.25, 0.3) is 0 Å². The Labute approximate surface area is 129 Å². The number of aromatic nitrogens is 5. The molecule has 3 aromatic heterocycles. The van der Waals surface area contributed by atoms with Gasteiger partial charge in [0.2, 0.25) is 11.8 Å². The molecule has 0 aliphatic heterocycles. The number of pyridine rings is 1. The normalized spacial score (nSPS) is 10.5. The first-order chi connectivity index (χ1) is 11.1. The van der Waals surface area contributed by atoms with Crippen LogP contribution in [0.25, 0.3) is 17.1 Å². The first-order valence-electron chi connectivity index (χ1n) is 6.46. The van der Waals surface area contributed by atoms with Gasteiger partial charge in [0.15, 0.2) is 12.4 Å². The molecule has 0 aromatic carbocycles. The highest BCUT2D eigenvalue weighted by Gasteiger charge is 2.15. The molecule has 0 amide bonds. The van der Waals surface area contributed by atoms with Gasteiger partial charge in [-0.05, 0) is 12.1 Å². The zero-order valence-corrected chi connectivity index (χ0v) is 11.6. The average Bonchev–Trinajstić information content (AvgIpc) is 2.99. The quantitative estimate of drug-likeness (QED) is 0.708. The second kappa shape index (κ2) is 6.18. The van der Waals surface area contributed by atoms with Crippen molar-refractivity contribution in [2.24, 2.45) is 0 Å². The van der Waals surface area contributed by atoms with Crippen LogP contribution in [0.1, 0.15) is 0 Å². The first-order valence-corrected chi connectivity index (χ1v) is 6.46. The van der Waals surface area contributed by atoms with Crippen LogP contribution < -0.4 is 4.74 Å². The van der Waals surface area contributed by atoms with E-state index in [1.807, 2.05) is 0 Å². The zero-order valence-electron chi connectivity index (χ0n) is 11.6. The van der Waals surface area contributed by atoms with E-state index >= 15 is 0 Å². The Morgan fingerprint density at radius 3 is 2.78 bits per heavy atom. The van der Waals surface area contributed by atoms with Crippen LogP contribution in [0.2, 0.25) is 0 Å². The molecule has 0 aliphatic carbocycles. The lowest BCUT2D eigenvalue weighted by Gasteiger charge is -2.05. The molecule has 23 heavy (non-hydrogen) atoms. The summed E-state index contributed by atoms with van der Waals surface area (Å²) in [7, 11) is 0. The number of hydrogen-bond donors (Lipinski definition) is 1. The maximum absolute atomic E-state index is 13.0. The van der Waals surface area contributed by atoms with Crippen molar-refractivity contribution < 1.29 is 19.0 Å². The van der Waals surface area contributed by atoms with Gasteiger partial charge in [-0.25, -0.2) is 19.4 Å². The summed E-state index contributed by atoms with van der Waals surface area (Å²) in [5, 5.41) is 12.8. The number of rotatable bonds is 5. The Bertz CT molecular complexity index is 820. The van der Waals surface area contributed by atoms with Crippen LogP contribution in [0.15, 0.2) is 43.0 Å². The van der Waals surface area contributed by atoms with Crippen molar-refractivity contribution in [2.45, 2.75) is 0 Å². The molecule has 0 unspecified atom stereocenters. The highest BCUT2D eigenvalue weighted by atomic mass is 19.1. The van der Waals surface area contributed by atoms with E-state index < -0.39 is 18.5 Å². The molecule has 3 heterocycles. The molecule has 0 saturated heterocycles. The Balaban J connectivity index is 2.05. The SMILES string of the molecule is O=C(O)COc1cc(-c2ccc(F)nc2)n(-c2cnccn2)n1. The molecule has 1 N–H and O–H groups in total. The fourth-order valence-electron chi connectivity index (χ4n) is 1.87. The smallest absolute Gasteiger partial charge is 0.341 e. The van der Waals surface area contributed by atoms with Gasteiger partial charge in [0.1, 0.15) is 0 Å². The van der Waals surface area contributed by atoms with Crippen LogP contribution in [0.5, 0.6) is 5.88 Å². The predicted molar refractivity (Wildman–Crippen MR) is 75.5 cm³/mol. The second-order valence-corrected chi connectivity index (χ2v) is 4.40. The van der Waals surface area contributed by atoms with Crippen molar-refractivity contribution >= 4 is 5.97 Å². The standard InChI is InChI=1S/C14H10FN5O3/c15-11-2-1-9(6-18-11)10-5-13(23-8-14(21)22)19-20(10)12-7-16-3-4-17-12/h1-7H,8H2,(H,21,22). The number of carbonyl (C=O) groups is 1. The van der Waals surface area contributed by atoms with E-state index in [9.17, 15) is 9.18 Å². The molecule has 0 radical (unpaired) electrons. The molecular weight excluding hydrogens is 305 g/mol. The molecule has 0 spiro atoms. The second-order valence-electron chi connectivity index (χ2n) is 4.40. The third-order valence-electron chi connectivity index (χ3n) is 2.82. The maximum Gasteiger partial charge on any atom is 0.341 e. The Kier molecular flexibility index (Phi) is 3.91. The molecule has 8 nitrogen and oxygen atoms in total. The number of nitrogens with zero attached hydrogens (tertiary/aromatic N) is 5. The van der Waals surface area contributed by atoms with E-state index in [2.05, 4.69) is 20.1 Å². The number of halogens is 1. The number of carboxylic acid groups (broad SMARTS) is 1. The highest BCUT2D eigenvalue weighted by molar-refractivity contribution is 5.68. The first kappa shape index (κ1) is 14.6. The molecule has 0 atom stereocenters. The van der Waals surface area contributed by atoms with E-state index in [-0.39, 0.29) is 5.88 Å². The van der Waals surface area contributed by atoms with Crippen LogP contribution in [0.4, 0.5) is 4.39 Å². The summed E-state index contributed by atoms with van der Waals surface area (Å²) >= 11 is 0. The van der Waals surface area contributed by atoms with Gasteiger partial charge < -0.3 is 9.84 Å². The minimum atomic E-state index is -1.12. The lowest BCUT2D eigenvalue weighted by molar-refractivity contribution is -0.139. The van der Waals surface area contributed by atoms with Crippen LogP contribution in [0, 0.1) is 5.95 Å². The highest BCUT2D eigenvalue weighted by Crippen LogP contribution is 2.25.